The van der Waals surface area contributed by atoms with Crippen molar-refractivity contribution in [1.29, 1.82) is 0 Å². The first-order valence-electron chi connectivity index (χ1n) is 7.44. The summed E-state index contributed by atoms with van der Waals surface area (Å²) in [5.74, 6) is 0.576. The lowest BCUT2D eigenvalue weighted by molar-refractivity contribution is -0.940. The molecule has 2 fully saturated rings. The van der Waals surface area contributed by atoms with Crippen LogP contribution in [0, 0.1) is 5.92 Å². The van der Waals surface area contributed by atoms with Crippen molar-refractivity contribution in [1.82, 2.24) is 5.32 Å². The third-order valence-electron chi connectivity index (χ3n) is 4.26. The van der Waals surface area contributed by atoms with Crippen molar-refractivity contribution in [2.75, 3.05) is 19.7 Å². The van der Waals surface area contributed by atoms with Gasteiger partial charge in [-0.15, -0.1) is 0 Å². The topological polar surface area (TPSA) is 42.8 Å². The predicted octanol–water partition coefficient (Wildman–Crippen LogP) is 0.968. The standard InChI is InChI=1S/C14H26N2O2/c1-11(2)15-14(17)18-10-12-6-5-9-16-8-4-3-7-13(12)16/h11-13H,3-10H2,1-2H3,(H,15,17)/p+1/t12-,13-/m1/s1. The van der Waals surface area contributed by atoms with Crippen molar-refractivity contribution in [3.8, 4) is 0 Å². The molecule has 2 aliphatic heterocycles. The average molecular weight is 255 g/mol. The molecular formula is C14H27N2O2+. The molecule has 2 saturated heterocycles. The normalized spacial score (nSPS) is 31.8. The zero-order valence-corrected chi connectivity index (χ0v) is 11.7. The molecule has 0 aliphatic carbocycles. The Labute approximate surface area is 110 Å². The smallest absolute Gasteiger partial charge is 0.407 e. The van der Waals surface area contributed by atoms with E-state index in [1.165, 1.54) is 45.2 Å². The number of rotatable bonds is 3. The van der Waals surface area contributed by atoms with Crippen LogP contribution in [0.1, 0.15) is 46.0 Å². The van der Waals surface area contributed by atoms with E-state index in [4.69, 9.17) is 4.74 Å². The molecule has 2 N–H and O–H groups in total. The first kappa shape index (κ1) is 13.7. The van der Waals surface area contributed by atoms with E-state index in [1.807, 2.05) is 13.8 Å². The number of alkyl carbamates (subject to hydrolysis) is 1. The Morgan fingerprint density at radius 2 is 2.06 bits per heavy atom. The number of carbonyl (C=O) groups excluding carboxylic acids is 1. The van der Waals surface area contributed by atoms with Crippen LogP contribution in [0.15, 0.2) is 0 Å². The zero-order chi connectivity index (χ0) is 13.0. The van der Waals surface area contributed by atoms with E-state index < -0.39 is 0 Å². The fourth-order valence-corrected chi connectivity index (χ4v) is 3.44. The minimum absolute atomic E-state index is 0.153. The number of amides is 1. The molecule has 0 aromatic heterocycles. The van der Waals surface area contributed by atoms with Gasteiger partial charge in [0.1, 0.15) is 6.61 Å². The summed E-state index contributed by atoms with van der Waals surface area (Å²) in [5, 5.41) is 2.79. The van der Waals surface area contributed by atoms with Gasteiger partial charge in [0, 0.05) is 12.0 Å². The highest BCUT2D eigenvalue weighted by Crippen LogP contribution is 2.20. The van der Waals surface area contributed by atoms with Crippen LogP contribution >= 0.6 is 0 Å². The number of quaternary nitrogens is 1. The number of ether oxygens (including phenoxy) is 1. The van der Waals surface area contributed by atoms with E-state index in [1.54, 1.807) is 4.90 Å². The second-order valence-corrected chi connectivity index (χ2v) is 6.06. The second-order valence-electron chi connectivity index (χ2n) is 6.06. The van der Waals surface area contributed by atoms with Crippen LogP contribution in [0.4, 0.5) is 4.79 Å². The molecule has 0 aromatic rings. The molecule has 4 nitrogen and oxygen atoms in total. The highest BCUT2D eigenvalue weighted by molar-refractivity contribution is 5.67. The highest BCUT2D eigenvalue weighted by atomic mass is 16.5. The largest absolute Gasteiger partial charge is 0.449 e. The summed E-state index contributed by atoms with van der Waals surface area (Å²) in [5.41, 5.74) is 0. The Kier molecular flexibility index (Phi) is 4.87. The molecule has 18 heavy (non-hydrogen) atoms. The van der Waals surface area contributed by atoms with Gasteiger partial charge in [0.15, 0.2) is 0 Å². The Morgan fingerprint density at radius 1 is 1.28 bits per heavy atom. The zero-order valence-electron chi connectivity index (χ0n) is 11.7. The minimum atomic E-state index is -0.257. The van der Waals surface area contributed by atoms with E-state index in [2.05, 4.69) is 5.32 Å². The van der Waals surface area contributed by atoms with Gasteiger partial charge in [-0.2, -0.15) is 0 Å². The van der Waals surface area contributed by atoms with E-state index in [0.717, 1.165) is 6.04 Å². The summed E-state index contributed by atoms with van der Waals surface area (Å²) in [6.45, 7) is 7.15. The summed E-state index contributed by atoms with van der Waals surface area (Å²) >= 11 is 0. The number of fused-ring (bicyclic) bond motifs is 1. The Bertz CT molecular complexity index is 279. The molecule has 3 atom stereocenters. The lowest BCUT2D eigenvalue weighted by Crippen LogP contribution is -3.18. The molecule has 0 aromatic carbocycles. The quantitative estimate of drug-likeness (QED) is 0.789. The van der Waals surface area contributed by atoms with Crippen molar-refractivity contribution in [3.63, 3.8) is 0 Å². The molecule has 1 unspecified atom stereocenters. The lowest BCUT2D eigenvalue weighted by atomic mass is 9.84. The summed E-state index contributed by atoms with van der Waals surface area (Å²) in [7, 11) is 0. The van der Waals surface area contributed by atoms with Crippen LogP contribution in [0.5, 0.6) is 0 Å². The summed E-state index contributed by atoms with van der Waals surface area (Å²) in [4.78, 5) is 13.3. The molecule has 2 heterocycles. The highest BCUT2D eigenvalue weighted by Gasteiger charge is 2.37. The van der Waals surface area contributed by atoms with Gasteiger partial charge in [-0.05, 0) is 46.0 Å². The van der Waals surface area contributed by atoms with Crippen LogP contribution in [0.25, 0.3) is 0 Å². The fourth-order valence-electron chi connectivity index (χ4n) is 3.44. The first-order chi connectivity index (χ1) is 8.66. The molecular weight excluding hydrogens is 228 g/mol. The average Bonchev–Trinajstić information content (AvgIpc) is 2.35. The van der Waals surface area contributed by atoms with Crippen molar-refractivity contribution in [3.05, 3.63) is 0 Å². The molecule has 1 amide bonds. The molecule has 0 radical (unpaired) electrons. The van der Waals surface area contributed by atoms with Gasteiger partial charge in [0.2, 0.25) is 0 Å². The Morgan fingerprint density at radius 3 is 2.83 bits per heavy atom. The van der Waals surface area contributed by atoms with Crippen LogP contribution in [0.3, 0.4) is 0 Å². The molecule has 0 bridgehead atoms. The third kappa shape index (κ3) is 3.61. The van der Waals surface area contributed by atoms with Crippen molar-refractivity contribution in [2.45, 2.75) is 58.0 Å². The second kappa shape index (κ2) is 6.41. The van der Waals surface area contributed by atoms with Crippen LogP contribution in [-0.4, -0.2) is 37.9 Å². The molecule has 0 spiro atoms. The van der Waals surface area contributed by atoms with E-state index in [9.17, 15) is 4.79 Å². The summed E-state index contributed by atoms with van der Waals surface area (Å²) in [6, 6.07) is 0.889. The maximum Gasteiger partial charge on any atom is 0.407 e. The lowest BCUT2D eigenvalue weighted by Gasteiger charge is -2.40. The van der Waals surface area contributed by atoms with Gasteiger partial charge >= 0.3 is 6.09 Å². The van der Waals surface area contributed by atoms with E-state index >= 15 is 0 Å². The fraction of sp³-hybridized carbons (Fsp3) is 0.929. The number of nitrogens with one attached hydrogen (secondary N) is 2. The number of hydrogen-bond donors (Lipinski definition) is 2. The molecule has 104 valence electrons. The minimum Gasteiger partial charge on any atom is -0.449 e. The van der Waals surface area contributed by atoms with Gasteiger partial charge in [0.25, 0.3) is 0 Å². The van der Waals surface area contributed by atoms with Crippen LogP contribution in [0.2, 0.25) is 0 Å². The van der Waals surface area contributed by atoms with Gasteiger partial charge in [-0.3, -0.25) is 0 Å². The maximum atomic E-state index is 11.5. The molecule has 2 aliphatic rings. The van der Waals surface area contributed by atoms with Crippen LogP contribution < -0.4 is 10.2 Å². The Hall–Kier alpha value is -0.770. The van der Waals surface area contributed by atoms with Crippen molar-refractivity contribution in [2.24, 2.45) is 5.92 Å². The first-order valence-corrected chi connectivity index (χ1v) is 7.44. The van der Waals surface area contributed by atoms with E-state index in [0.29, 0.717) is 12.5 Å². The van der Waals surface area contributed by atoms with E-state index in [-0.39, 0.29) is 12.1 Å². The summed E-state index contributed by atoms with van der Waals surface area (Å²) in [6.07, 6.45) is 6.29. The van der Waals surface area contributed by atoms with Gasteiger partial charge in [-0.25, -0.2) is 4.79 Å². The maximum absolute atomic E-state index is 11.5. The van der Waals surface area contributed by atoms with Gasteiger partial charge in [-0.1, -0.05) is 0 Å². The predicted molar refractivity (Wildman–Crippen MR) is 70.7 cm³/mol. The monoisotopic (exact) mass is 255 g/mol. The van der Waals surface area contributed by atoms with Gasteiger partial charge < -0.3 is 15.0 Å². The van der Waals surface area contributed by atoms with Crippen molar-refractivity contribution < 1.29 is 14.4 Å². The van der Waals surface area contributed by atoms with Crippen LogP contribution in [-0.2, 0) is 4.74 Å². The molecule has 4 heteroatoms. The molecule has 2 rings (SSSR count). The number of piperidine rings is 2. The molecule has 0 saturated carbocycles. The SMILES string of the molecule is CC(C)NC(=O)OC[C@H]1CCC[NH+]2CCCC[C@H]12. The van der Waals surface area contributed by atoms with Crippen molar-refractivity contribution >= 4 is 6.09 Å². The summed E-state index contributed by atoms with van der Waals surface area (Å²) < 4.78 is 5.38. The number of carbonyl (C=O) groups is 1. The number of hydrogen-bond acceptors (Lipinski definition) is 2. The van der Waals surface area contributed by atoms with Gasteiger partial charge in [0.05, 0.1) is 19.1 Å². The Balaban J connectivity index is 1.79. The third-order valence-corrected chi connectivity index (χ3v) is 4.26.